The Morgan fingerprint density at radius 3 is 2.97 bits per heavy atom. The SMILES string of the molecule is CCCC1(CC(=O)O)OCCc2c1[nH]c1c(C)c(OCc3ccccn3)cc(C#N)c21. The van der Waals surface area contributed by atoms with E-state index in [1.165, 1.54) is 0 Å². The molecule has 160 valence electrons. The molecule has 0 saturated heterocycles. The number of aryl methyl sites for hydroxylation is 1. The summed E-state index contributed by atoms with van der Waals surface area (Å²) in [5.41, 5.74) is 3.82. The zero-order chi connectivity index (χ0) is 22.0. The molecule has 1 atom stereocenters. The molecular formula is C24H25N3O4. The van der Waals surface area contributed by atoms with Gasteiger partial charge in [0.25, 0.3) is 0 Å². The van der Waals surface area contributed by atoms with Gasteiger partial charge >= 0.3 is 5.97 Å². The second kappa shape index (κ2) is 8.40. The van der Waals surface area contributed by atoms with Crippen LogP contribution in [0.2, 0.25) is 0 Å². The van der Waals surface area contributed by atoms with Crippen LogP contribution in [0.1, 0.15) is 54.3 Å². The molecule has 0 aliphatic carbocycles. The number of carboxylic acids is 1. The molecule has 1 aliphatic heterocycles. The standard InChI is InChI=1S/C24H25N3O4/c1-3-8-24(12-20(28)29)23-18(7-10-31-24)21-16(13-25)11-19(15(2)22(21)27-23)30-14-17-6-4-5-9-26-17/h4-6,9,11,27H,3,7-8,10,12,14H2,1-2H3,(H,28,29). The number of H-pyrrole nitrogens is 1. The number of pyridine rings is 1. The summed E-state index contributed by atoms with van der Waals surface area (Å²) < 4.78 is 12.1. The van der Waals surface area contributed by atoms with Crippen LogP contribution >= 0.6 is 0 Å². The fourth-order valence-electron chi connectivity index (χ4n) is 4.56. The third-order valence-corrected chi connectivity index (χ3v) is 5.89. The van der Waals surface area contributed by atoms with E-state index < -0.39 is 11.6 Å². The maximum absolute atomic E-state index is 11.7. The average molecular weight is 419 g/mol. The number of hydrogen-bond donors (Lipinski definition) is 2. The molecule has 0 fully saturated rings. The van der Waals surface area contributed by atoms with Crippen molar-refractivity contribution in [1.29, 1.82) is 5.26 Å². The highest BCUT2D eigenvalue weighted by molar-refractivity contribution is 5.94. The molecule has 0 saturated carbocycles. The van der Waals surface area contributed by atoms with Crippen molar-refractivity contribution in [3.8, 4) is 11.8 Å². The van der Waals surface area contributed by atoms with E-state index in [0.717, 1.165) is 39.8 Å². The highest BCUT2D eigenvalue weighted by Crippen LogP contribution is 2.45. The second-order valence-electron chi connectivity index (χ2n) is 7.91. The van der Waals surface area contributed by atoms with Crippen LogP contribution in [0, 0.1) is 18.3 Å². The first kappa shape index (κ1) is 20.9. The van der Waals surface area contributed by atoms with Gasteiger partial charge in [-0.25, -0.2) is 0 Å². The number of nitrogens with one attached hydrogen (secondary N) is 1. The molecule has 1 unspecified atom stereocenters. The zero-order valence-electron chi connectivity index (χ0n) is 17.7. The fourth-order valence-corrected chi connectivity index (χ4v) is 4.56. The molecular weight excluding hydrogens is 394 g/mol. The van der Waals surface area contributed by atoms with Gasteiger partial charge in [0.2, 0.25) is 0 Å². The first-order chi connectivity index (χ1) is 15.0. The Morgan fingerprint density at radius 2 is 2.29 bits per heavy atom. The number of ether oxygens (including phenoxy) is 2. The van der Waals surface area contributed by atoms with Crippen molar-refractivity contribution in [3.63, 3.8) is 0 Å². The molecule has 1 aliphatic rings. The number of nitrogens with zero attached hydrogens (tertiary/aromatic N) is 2. The van der Waals surface area contributed by atoms with Crippen molar-refractivity contribution in [2.24, 2.45) is 0 Å². The Labute approximate surface area is 180 Å². The molecule has 2 aromatic heterocycles. The minimum atomic E-state index is -0.915. The monoisotopic (exact) mass is 419 g/mol. The Hall–Kier alpha value is -3.37. The minimum Gasteiger partial charge on any atom is -0.487 e. The number of benzene rings is 1. The number of aliphatic carboxylic acids is 1. The van der Waals surface area contributed by atoms with Gasteiger partial charge in [0, 0.05) is 17.1 Å². The molecule has 0 spiro atoms. The molecule has 4 rings (SSSR count). The molecule has 2 N–H and O–H groups in total. The number of rotatable bonds is 7. The molecule has 0 bridgehead atoms. The number of carboxylic acid groups (broad SMARTS) is 1. The number of aromatic amines is 1. The van der Waals surface area contributed by atoms with Crippen LogP contribution in [-0.2, 0) is 28.2 Å². The molecule has 0 radical (unpaired) electrons. The maximum atomic E-state index is 11.7. The van der Waals surface area contributed by atoms with E-state index >= 15 is 0 Å². The van der Waals surface area contributed by atoms with Crippen LogP contribution in [-0.4, -0.2) is 27.7 Å². The molecule has 3 heterocycles. The molecule has 31 heavy (non-hydrogen) atoms. The van der Waals surface area contributed by atoms with Gasteiger partial charge in [-0.05, 0) is 43.5 Å². The predicted octanol–water partition coefficient (Wildman–Crippen LogP) is 4.36. The lowest BCUT2D eigenvalue weighted by Crippen LogP contribution is -2.37. The summed E-state index contributed by atoms with van der Waals surface area (Å²) in [7, 11) is 0. The van der Waals surface area contributed by atoms with Crippen molar-refractivity contribution in [2.75, 3.05) is 6.61 Å². The van der Waals surface area contributed by atoms with Crippen LogP contribution in [0.25, 0.3) is 10.9 Å². The van der Waals surface area contributed by atoms with Gasteiger partial charge in [-0.15, -0.1) is 0 Å². The Balaban J connectivity index is 1.84. The smallest absolute Gasteiger partial charge is 0.306 e. The average Bonchev–Trinajstić information content (AvgIpc) is 3.16. The van der Waals surface area contributed by atoms with E-state index in [1.807, 2.05) is 32.0 Å². The molecule has 3 aromatic rings. The number of nitriles is 1. The normalized spacial score (nSPS) is 17.8. The summed E-state index contributed by atoms with van der Waals surface area (Å²) in [6.45, 7) is 4.67. The van der Waals surface area contributed by atoms with E-state index in [1.54, 1.807) is 12.3 Å². The first-order valence-corrected chi connectivity index (χ1v) is 10.5. The molecule has 7 heteroatoms. The summed E-state index contributed by atoms with van der Waals surface area (Å²) in [4.78, 5) is 19.4. The van der Waals surface area contributed by atoms with Gasteiger partial charge in [-0.3, -0.25) is 9.78 Å². The van der Waals surface area contributed by atoms with Gasteiger partial charge < -0.3 is 19.6 Å². The number of fused-ring (bicyclic) bond motifs is 3. The number of carbonyl (C=O) groups is 1. The summed E-state index contributed by atoms with van der Waals surface area (Å²) in [5, 5.41) is 20.3. The Bertz CT molecular complexity index is 1160. The minimum absolute atomic E-state index is 0.120. The van der Waals surface area contributed by atoms with E-state index in [4.69, 9.17) is 9.47 Å². The summed E-state index contributed by atoms with van der Waals surface area (Å²) in [6, 6.07) is 9.70. The van der Waals surface area contributed by atoms with Crippen molar-refractivity contribution in [2.45, 2.75) is 51.7 Å². The van der Waals surface area contributed by atoms with Crippen LogP contribution in [0.4, 0.5) is 0 Å². The van der Waals surface area contributed by atoms with E-state index in [0.29, 0.717) is 37.4 Å². The van der Waals surface area contributed by atoms with E-state index in [9.17, 15) is 15.2 Å². The summed E-state index contributed by atoms with van der Waals surface area (Å²) in [5.74, 6) is -0.301. The van der Waals surface area contributed by atoms with Gasteiger partial charge in [0.1, 0.15) is 18.0 Å². The first-order valence-electron chi connectivity index (χ1n) is 10.5. The summed E-state index contributed by atoms with van der Waals surface area (Å²) >= 11 is 0. The lowest BCUT2D eigenvalue weighted by molar-refractivity contribution is -0.149. The van der Waals surface area contributed by atoms with Crippen molar-refractivity contribution in [3.05, 3.63) is 58.5 Å². The van der Waals surface area contributed by atoms with Crippen molar-refractivity contribution >= 4 is 16.9 Å². The Morgan fingerprint density at radius 1 is 1.45 bits per heavy atom. The van der Waals surface area contributed by atoms with Gasteiger partial charge in [-0.2, -0.15) is 5.26 Å². The van der Waals surface area contributed by atoms with Crippen LogP contribution in [0.15, 0.2) is 30.5 Å². The van der Waals surface area contributed by atoms with E-state index in [2.05, 4.69) is 16.0 Å². The number of hydrogen-bond acceptors (Lipinski definition) is 5. The highest BCUT2D eigenvalue weighted by Gasteiger charge is 2.42. The quantitative estimate of drug-likeness (QED) is 0.589. The highest BCUT2D eigenvalue weighted by atomic mass is 16.5. The Kier molecular flexibility index (Phi) is 5.66. The second-order valence-corrected chi connectivity index (χ2v) is 7.91. The van der Waals surface area contributed by atoms with E-state index in [-0.39, 0.29) is 6.42 Å². The van der Waals surface area contributed by atoms with Crippen LogP contribution in [0.5, 0.6) is 5.75 Å². The molecule has 0 amide bonds. The third-order valence-electron chi connectivity index (χ3n) is 5.89. The van der Waals surface area contributed by atoms with Crippen LogP contribution in [0.3, 0.4) is 0 Å². The van der Waals surface area contributed by atoms with Gasteiger partial charge in [0.15, 0.2) is 0 Å². The third kappa shape index (κ3) is 3.75. The predicted molar refractivity (Wildman–Crippen MR) is 115 cm³/mol. The molecule has 7 nitrogen and oxygen atoms in total. The topological polar surface area (TPSA) is 108 Å². The maximum Gasteiger partial charge on any atom is 0.306 e. The van der Waals surface area contributed by atoms with Crippen LogP contribution < -0.4 is 4.74 Å². The fraction of sp³-hybridized carbons (Fsp3) is 0.375. The van der Waals surface area contributed by atoms with Crippen molar-refractivity contribution < 1.29 is 19.4 Å². The van der Waals surface area contributed by atoms with Crippen molar-refractivity contribution in [1.82, 2.24) is 9.97 Å². The summed E-state index contributed by atoms with van der Waals surface area (Å²) in [6.07, 6.45) is 3.59. The largest absolute Gasteiger partial charge is 0.487 e. The lowest BCUT2D eigenvalue weighted by Gasteiger charge is -2.36. The number of aromatic nitrogens is 2. The van der Waals surface area contributed by atoms with Gasteiger partial charge in [0.05, 0.1) is 41.6 Å². The molecule has 1 aromatic carbocycles. The van der Waals surface area contributed by atoms with Gasteiger partial charge in [-0.1, -0.05) is 19.4 Å². The lowest BCUT2D eigenvalue weighted by atomic mass is 9.84. The zero-order valence-corrected chi connectivity index (χ0v) is 17.7.